The largest absolute Gasteiger partial charge is 0.451 e. The van der Waals surface area contributed by atoms with E-state index in [0.29, 0.717) is 5.69 Å². The van der Waals surface area contributed by atoms with Gasteiger partial charge in [-0.25, -0.2) is 13.8 Å². The molecule has 2 aromatic rings. The minimum atomic E-state index is -2.76. The fourth-order valence-corrected chi connectivity index (χ4v) is 3.80. The molecule has 0 saturated heterocycles. The van der Waals surface area contributed by atoms with Crippen LogP contribution in [0.4, 0.5) is 8.78 Å². The quantitative estimate of drug-likeness (QED) is 0.436. The monoisotopic (exact) mass is 490 g/mol. The van der Waals surface area contributed by atoms with Gasteiger partial charge in [-0.2, -0.15) is 0 Å². The molecule has 2 atom stereocenters. The SMILES string of the molecule is C[C@@H](NC(=O)C1CCC(F)(F)CC1)C(=O)N[C@H](Cc1ccccc1)C(=O)C(=O)NCc1cocn1. The Morgan fingerprint density at radius 3 is 2.43 bits per heavy atom. The Kier molecular flexibility index (Phi) is 8.67. The minimum absolute atomic E-state index is 0.0278. The van der Waals surface area contributed by atoms with Crippen LogP contribution >= 0.6 is 0 Å². The summed E-state index contributed by atoms with van der Waals surface area (Å²) in [5.41, 5.74) is 1.14. The van der Waals surface area contributed by atoms with Crippen LogP contribution in [0.2, 0.25) is 0 Å². The van der Waals surface area contributed by atoms with Crippen molar-refractivity contribution in [1.82, 2.24) is 20.9 Å². The summed E-state index contributed by atoms with van der Waals surface area (Å²) < 4.78 is 31.5. The predicted octanol–water partition coefficient (Wildman–Crippen LogP) is 1.92. The Morgan fingerprint density at radius 1 is 1.11 bits per heavy atom. The third-order valence-corrected chi connectivity index (χ3v) is 5.89. The van der Waals surface area contributed by atoms with Crippen molar-refractivity contribution in [3.8, 4) is 0 Å². The second-order valence-electron chi connectivity index (χ2n) is 8.64. The molecule has 1 heterocycles. The predicted molar refractivity (Wildman–Crippen MR) is 120 cm³/mol. The van der Waals surface area contributed by atoms with Crippen LogP contribution in [0.15, 0.2) is 47.4 Å². The Labute approximate surface area is 201 Å². The molecule has 0 spiro atoms. The lowest BCUT2D eigenvalue weighted by Gasteiger charge is -2.28. The molecule has 0 radical (unpaired) electrons. The fraction of sp³-hybridized carbons (Fsp3) is 0.458. The molecule has 35 heavy (non-hydrogen) atoms. The van der Waals surface area contributed by atoms with E-state index in [4.69, 9.17) is 4.42 Å². The van der Waals surface area contributed by atoms with Crippen LogP contribution in [0.25, 0.3) is 0 Å². The van der Waals surface area contributed by atoms with Gasteiger partial charge in [-0.1, -0.05) is 30.3 Å². The first-order chi connectivity index (χ1) is 16.6. The van der Waals surface area contributed by atoms with Crippen LogP contribution in [0.3, 0.4) is 0 Å². The molecule has 1 saturated carbocycles. The number of benzene rings is 1. The zero-order chi connectivity index (χ0) is 25.4. The van der Waals surface area contributed by atoms with E-state index in [2.05, 4.69) is 20.9 Å². The number of aromatic nitrogens is 1. The summed E-state index contributed by atoms with van der Waals surface area (Å²) in [6.45, 7) is 1.40. The number of Topliss-reactive ketones (excluding diaryl/α,β-unsaturated/α-hetero) is 1. The van der Waals surface area contributed by atoms with Crippen LogP contribution in [-0.2, 0) is 32.1 Å². The number of ketones is 1. The van der Waals surface area contributed by atoms with Gasteiger partial charge < -0.3 is 20.4 Å². The Bertz CT molecular complexity index is 1020. The van der Waals surface area contributed by atoms with Crippen molar-refractivity contribution < 1.29 is 32.4 Å². The van der Waals surface area contributed by atoms with Crippen molar-refractivity contribution in [3.63, 3.8) is 0 Å². The van der Waals surface area contributed by atoms with Gasteiger partial charge in [-0.3, -0.25) is 19.2 Å². The molecule has 1 aromatic heterocycles. The van der Waals surface area contributed by atoms with Crippen molar-refractivity contribution in [2.75, 3.05) is 0 Å². The molecule has 188 valence electrons. The van der Waals surface area contributed by atoms with Crippen molar-refractivity contribution in [2.45, 2.75) is 63.6 Å². The van der Waals surface area contributed by atoms with E-state index in [1.165, 1.54) is 19.6 Å². The molecule has 3 amide bonds. The number of hydrogen-bond donors (Lipinski definition) is 3. The lowest BCUT2D eigenvalue weighted by molar-refractivity contribution is -0.140. The number of nitrogens with one attached hydrogen (secondary N) is 3. The summed E-state index contributed by atoms with van der Waals surface area (Å²) in [7, 11) is 0. The molecular weight excluding hydrogens is 462 g/mol. The van der Waals surface area contributed by atoms with Gasteiger partial charge in [0.25, 0.3) is 5.91 Å². The highest BCUT2D eigenvalue weighted by molar-refractivity contribution is 6.38. The van der Waals surface area contributed by atoms with Crippen LogP contribution in [0.5, 0.6) is 0 Å². The van der Waals surface area contributed by atoms with Gasteiger partial charge in [0.15, 0.2) is 6.39 Å². The number of carbonyl (C=O) groups is 4. The molecule has 3 N–H and O–H groups in total. The summed E-state index contributed by atoms with van der Waals surface area (Å²) >= 11 is 0. The van der Waals surface area contributed by atoms with Crippen molar-refractivity contribution in [3.05, 3.63) is 54.2 Å². The fourth-order valence-electron chi connectivity index (χ4n) is 3.80. The maximum absolute atomic E-state index is 13.4. The number of carbonyl (C=O) groups excluding carboxylic acids is 4. The van der Waals surface area contributed by atoms with Crippen molar-refractivity contribution >= 4 is 23.5 Å². The topological polar surface area (TPSA) is 130 Å². The summed E-state index contributed by atoms with van der Waals surface area (Å²) in [6.07, 6.45) is 1.90. The number of rotatable bonds is 10. The first-order valence-electron chi connectivity index (χ1n) is 11.4. The first-order valence-corrected chi connectivity index (χ1v) is 11.4. The zero-order valence-corrected chi connectivity index (χ0v) is 19.3. The molecule has 1 fully saturated rings. The van der Waals surface area contributed by atoms with Crippen LogP contribution in [0.1, 0.15) is 43.9 Å². The number of oxazole rings is 1. The molecular formula is C24H28F2N4O5. The van der Waals surface area contributed by atoms with Crippen LogP contribution in [0, 0.1) is 5.92 Å². The normalized spacial score (nSPS) is 17.1. The maximum atomic E-state index is 13.4. The standard InChI is InChI=1S/C24H28F2N4O5/c1-15(29-22(33)17-7-9-24(25,26)10-8-17)21(32)30-19(11-16-5-3-2-4-6-16)20(31)23(34)27-12-18-13-35-14-28-18/h2-6,13-15,17,19H,7-12H2,1H3,(H,27,34)(H,29,33)(H,30,32)/t15-,19-/m1/s1. The van der Waals surface area contributed by atoms with Crippen molar-refractivity contribution in [2.24, 2.45) is 5.92 Å². The van der Waals surface area contributed by atoms with E-state index in [0.717, 1.165) is 5.56 Å². The molecule has 11 heteroatoms. The second-order valence-corrected chi connectivity index (χ2v) is 8.64. The molecule has 0 bridgehead atoms. The van der Waals surface area contributed by atoms with Crippen LogP contribution in [-0.4, -0.2) is 46.5 Å². The Balaban J connectivity index is 1.61. The van der Waals surface area contributed by atoms with Gasteiger partial charge >= 0.3 is 0 Å². The highest BCUT2D eigenvalue weighted by atomic mass is 19.3. The summed E-state index contributed by atoms with van der Waals surface area (Å²) in [5.74, 6) is -6.29. The molecule has 1 aliphatic carbocycles. The Hall–Kier alpha value is -3.63. The lowest BCUT2D eigenvalue weighted by atomic mass is 9.86. The third-order valence-electron chi connectivity index (χ3n) is 5.89. The lowest BCUT2D eigenvalue weighted by Crippen LogP contribution is -2.54. The van der Waals surface area contributed by atoms with Gasteiger partial charge in [0.05, 0.1) is 12.2 Å². The number of nitrogens with zero attached hydrogens (tertiary/aromatic N) is 1. The van der Waals surface area contributed by atoms with Gasteiger partial charge in [0.1, 0.15) is 18.3 Å². The number of halogens is 2. The summed E-state index contributed by atoms with van der Waals surface area (Å²) in [5, 5.41) is 7.52. The van der Waals surface area contributed by atoms with Gasteiger partial charge in [-0.05, 0) is 25.3 Å². The molecule has 3 rings (SSSR count). The molecule has 1 aliphatic rings. The molecule has 9 nitrogen and oxygen atoms in total. The summed E-state index contributed by atoms with van der Waals surface area (Å²) in [4.78, 5) is 54.4. The van der Waals surface area contributed by atoms with E-state index in [1.54, 1.807) is 30.3 Å². The number of alkyl halides is 2. The highest BCUT2D eigenvalue weighted by Crippen LogP contribution is 2.36. The average molecular weight is 491 g/mol. The molecule has 1 aromatic carbocycles. The highest BCUT2D eigenvalue weighted by Gasteiger charge is 2.38. The number of hydrogen-bond acceptors (Lipinski definition) is 6. The molecule has 0 aliphatic heterocycles. The first kappa shape index (κ1) is 26.0. The Morgan fingerprint density at radius 2 is 1.80 bits per heavy atom. The van der Waals surface area contributed by atoms with E-state index in [1.807, 2.05) is 0 Å². The van der Waals surface area contributed by atoms with E-state index < -0.39 is 47.4 Å². The van der Waals surface area contributed by atoms with Gasteiger partial charge in [0.2, 0.25) is 23.5 Å². The minimum Gasteiger partial charge on any atom is -0.451 e. The zero-order valence-electron chi connectivity index (χ0n) is 19.3. The van der Waals surface area contributed by atoms with E-state index >= 15 is 0 Å². The van der Waals surface area contributed by atoms with Crippen LogP contribution < -0.4 is 16.0 Å². The number of amides is 3. The maximum Gasteiger partial charge on any atom is 0.289 e. The smallest absolute Gasteiger partial charge is 0.289 e. The molecule has 0 unspecified atom stereocenters. The van der Waals surface area contributed by atoms with Gasteiger partial charge in [0, 0.05) is 25.2 Å². The van der Waals surface area contributed by atoms with E-state index in [-0.39, 0.29) is 38.6 Å². The average Bonchev–Trinajstić information content (AvgIpc) is 3.35. The van der Waals surface area contributed by atoms with Crippen molar-refractivity contribution in [1.29, 1.82) is 0 Å². The van der Waals surface area contributed by atoms with Gasteiger partial charge in [-0.15, -0.1) is 0 Å². The van der Waals surface area contributed by atoms with E-state index in [9.17, 15) is 28.0 Å². The second kappa shape index (κ2) is 11.7. The summed E-state index contributed by atoms with van der Waals surface area (Å²) in [6, 6.07) is 6.61. The third kappa shape index (κ3) is 7.69.